The van der Waals surface area contributed by atoms with Gasteiger partial charge in [-0.25, -0.2) is 4.79 Å². The quantitative estimate of drug-likeness (QED) is 0.470. The number of ether oxygens (including phenoxy) is 1. The van der Waals surface area contributed by atoms with E-state index in [1.54, 1.807) is 0 Å². The van der Waals surface area contributed by atoms with Crippen molar-refractivity contribution < 1.29 is 23.7 Å². The van der Waals surface area contributed by atoms with E-state index in [1.165, 1.54) is 0 Å². The lowest BCUT2D eigenvalue weighted by atomic mass is 9.65. The first-order valence-corrected chi connectivity index (χ1v) is 8.29. The molecule has 0 aromatic carbocycles. The Bertz CT molecular complexity index is 724. The molecule has 8 heteroatoms. The summed E-state index contributed by atoms with van der Waals surface area (Å²) in [6, 6.07) is 2.41. The largest absolute Gasteiger partial charge is 0.450 e. The summed E-state index contributed by atoms with van der Waals surface area (Å²) >= 11 is 0. The second kappa shape index (κ2) is 5.86. The van der Waals surface area contributed by atoms with E-state index in [4.69, 9.17) is 9.15 Å². The van der Waals surface area contributed by atoms with Crippen molar-refractivity contribution in [2.45, 2.75) is 46.1 Å². The van der Waals surface area contributed by atoms with Crippen molar-refractivity contribution in [1.82, 2.24) is 4.90 Å². The molecule has 0 unspecified atom stereocenters. The third-order valence-corrected chi connectivity index (χ3v) is 5.03. The molecule has 8 nitrogen and oxygen atoms in total. The van der Waals surface area contributed by atoms with E-state index in [1.807, 2.05) is 4.90 Å². The Balaban J connectivity index is 1.59. The first-order valence-electron chi connectivity index (χ1n) is 8.29. The van der Waals surface area contributed by atoms with Gasteiger partial charge in [0.15, 0.2) is 6.61 Å². The molecule has 136 valence electrons. The summed E-state index contributed by atoms with van der Waals surface area (Å²) in [7, 11) is 0. The van der Waals surface area contributed by atoms with Crippen LogP contribution in [0.4, 0.5) is 5.88 Å². The van der Waals surface area contributed by atoms with E-state index < -0.39 is 16.8 Å². The highest BCUT2D eigenvalue weighted by molar-refractivity contribution is 5.89. The zero-order chi connectivity index (χ0) is 18.4. The standard InChI is InChI=1S/C17H22N2O6/c1-16(2)6-11-7-17(3,9-16)10-18(11)13(20)8-24-15(21)12-4-5-14(25-12)19(22)23/h4-5,11H,6-10H2,1-3H3/t11-,17+/m1/s1. The molecule has 0 radical (unpaired) electrons. The molecule has 0 N–H and O–H groups in total. The van der Waals surface area contributed by atoms with Crippen LogP contribution in [-0.4, -0.2) is 40.9 Å². The van der Waals surface area contributed by atoms with E-state index in [9.17, 15) is 19.7 Å². The number of esters is 1. The van der Waals surface area contributed by atoms with Crippen molar-refractivity contribution in [3.05, 3.63) is 28.0 Å². The first kappa shape index (κ1) is 17.4. The SMILES string of the molecule is CC1(C)C[C@@H]2C[C@](C)(CN2C(=O)COC(=O)c2ccc([N+](=O)[O-])o2)C1. The maximum atomic E-state index is 12.5. The summed E-state index contributed by atoms with van der Waals surface area (Å²) in [4.78, 5) is 36.0. The van der Waals surface area contributed by atoms with E-state index in [0.717, 1.165) is 31.4 Å². The third-order valence-electron chi connectivity index (χ3n) is 5.03. The normalized spacial score (nSPS) is 27.2. The van der Waals surface area contributed by atoms with Crippen LogP contribution in [0.25, 0.3) is 0 Å². The molecule has 2 atom stereocenters. The van der Waals surface area contributed by atoms with Crippen LogP contribution in [-0.2, 0) is 9.53 Å². The van der Waals surface area contributed by atoms with Gasteiger partial charge in [-0.15, -0.1) is 0 Å². The molecule has 1 saturated carbocycles. The summed E-state index contributed by atoms with van der Waals surface area (Å²) in [5.74, 6) is -1.94. The summed E-state index contributed by atoms with van der Waals surface area (Å²) in [5, 5.41) is 10.6. The maximum Gasteiger partial charge on any atom is 0.433 e. The predicted octanol–water partition coefficient (Wildman–Crippen LogP) is 2.77. The number of amides is 1. The lowest BCUT2D eigenvalue weighted by molar-refractivity contribution is -0.402. The fraction of sp³-hybridized carbons (Fsp3) is 0.647. The van der Waals surface area contributed by atoms with Gasteiger partial charge < -0.3 is 14.1 Å². The van der Waals surface area contributed by atoms with Crippen molar-refractivity contribution >= 4 is 17.8 Å². The number of nitro groups is 1. The minimum atomic E-state index is -0.879. The summed E-state index contributed by atoms with van der Waals surface area (Å²) in [5.41, 5.74) is 0.296. The Kier molecular flexibility index (Phi) is 4.09. The number of furan rings is 1. The fourth-order valence-electron chi connectivity index (χ4n) is 4.57. The van der Waals surface area contributed by atoms with E-state index in [2.05, 4.69) is 20.8 Å². The summed E-state index contributed by atoms with van der Waals surface area (Å²) in [6.07, 6.45) is 2.98. The van der Waals surface area contributed by atoms with E-state index >= 15 is 0 Å². The van der Waals surface area contributed by atoms with Gasteiger partial charge in [0.05, 0.1) is 6.07 Å². The van der Waals surface area contributed by atoms with Crippen molar-refractivity contribution in [2.75, 3.05) is 13.2 Å². The molecule has 2 heterocycles. The molecular weight excluding hydrogens is 328 g/mol. The molecule has 2 bridgehead atoms. The maximum absolute atomic E-state index is 12.5. The van der Waals surface area contributed by atoms with Gasteiger partial charge in [0.25, 0.3) is 5.91 Å². The smallest absolute Gasteiger partial charge is 0.433 e. The van der Waals surface area contributed by atoms with Crippen LogP contribution in [0.3, 0.4) is 0 Å². The third kappa shape index (κ3) is 3.52. The minimum absolute atomic E-state index is 0.105. The van der Waals surface area contributed by atoms with Gasteiger partial charge in [-0.2, -0.15) is 0 Å². The Labute approximate surface area is 145 Å². The molecule has 1 saturated heterocycles. The molecule has 0 spiro atoms. The second-order valence-corrected chi connectivity index (χ2v) is 8.21. The van der Waals surface area contributed by atoms with Crippen molar-refractivity contribution in [2.24, 2.45) is 10.8 Å². The van der Waals surface area contributed by atoms with Gasteiger partial charge in [0, 0.05) is 12.6 Å². The van der Waals surface area contributed by atoms with Gasteiger partial charge in [-0.05, 0) is 36.2 Å². The number of carbonyl (C=O) groups excluding carboxylic acids is 2. The van der Waals surface area contributed by atoms with Crippen LogP contribution >= 0.6 is 0 Å². The molecule has 1 aliphatic carbocycles. The van der Waals surface area contributed by atoms with Gasteiger partial charge in [-0.1, -0.05) is 20.8 Å². The number of carbonyl (C=O) groups is 2. The van der Waals surface area contributed by atoms with Crippen molar-refractivity contribution in [3.63, 3.8) is 0 Å². The second-order valence-electron chi connectivity index (χ2n) is 8.21. The highest BCUT2D eigenvalue weighted by Gasteiger charge is 2.50. The van der Waals surface area contributed by atoms with Crippen molar-refractivity contribution in [1.29, 1.82) is 0 Å². The van der Waals surface area contributed by atoms with Crippen molar-refractivity contribution in [3.8, 4) is 0 Å². The first-order chi connectivity index (χ1) is 11.6. The molecule has 2 aliphatic rings. The monoisotopic (exact) mass is 350 g/mol. The Hall–Kier alpha value is -2.38. The number of nitrogens with zero attached hydrogens (tertiary/aromatic N) is 2. The number of hydrogen-bond donors (Lipinski definition) is 0. The van der Waals surface area contributed by atoms with E-state index in [0.29, 0.717) is 6.54 Å². The van der Waals surface area contributed by atoms with Crippen LogP contribution in [0.15, 0.2) is 16.5 Å². The number of rotatable bonds is 4. The molecule has 2 fully saturated rings. The lowest BCUT2D eigenvalue weighted by Crippen LogP contribution is -2.39. The number of fused-ring (bicyclic) bond motifs is 2. The Morgan fingerprint density at radius 2 is 2.08 bits per heavy atom. The van der Waals surface area contributed by atoms with E-state index in [-0.39, 0.29) is 35.1 Å². The highest BCUT2D eigenvalue weighted by Crippen LogP contribution is 2.52. The zero-order valence-corrected chi connectivity index (χ0v) is 14.6. The van der Waals surface area contributed by atoms with Crippen LogP contribution in [0.1, 0.15) is 50.6 Å². The number of hydrogen-bond acceptors (Lipinski definition) is 6. The molecule has 1 aromatic rings. The highest BCUT2D eigenvalue weighted by atomic mass is 16.7. The molecule has 1 aliphatic heterocycles. The predicted molar refractivity (Wildman–Crippen MR) is 86.9 cm³/mol. The zero-order valence-electron chi connectivity index (χ0n) is 14.6. The fourth-order valence-corrected chi connectivity index (χ4v) is 4.57. The van der Waals surface area contributed by atoms with Gasteiger partial charge in [-0.3, -0.25) is 14.9 Å². The molecule has 1 aromatic heterocycles. The van der Waals surface area contributed by atoms with Crippen LogP contribution in [0.5, 0.6) is 0 Å². The topological polar surface area (TPSA) is 103 Å². The minimum Gasteiger partial charge on any atom is -0.450 e. The average molecular weight is 350 g/mol. The van der Waals surface area contributed by atoms with Gasteiger partial charge in [0.2, 0.25) is 5.76 Å². The van der Waals surface area contributed by atoms with Crippen LogP contribution < -0.4 is 0 Å². The lowest BCUT2D eigenvalue weighted by Gasteiger charge is -2.39. The molecule has 25 heavy (non-hydrogen) atoms. The molecular formula is C17H22N2O6. The average Bonchev–Trinajstić information content (AvgIpc) is 3.06. The van der Waals surface area contributed by atoms with Gasteiger partial charge >= 0.3 is 11.9 Å². The van der Waals surface area contributed by atoms with Crippen LogP contribution in [0.2, 0.25) is 0 Å². The summed E-state index contributed by atoms with van der Waals surface area (Å²) < 4.78 is 9.76. The van der Waals surface area contributed by atoms with Gasteiger partial charge in [0.1, 0.15) is 4.92 Å². The molecule has 3 rings (SSSR count). The van der Waals surface area contributed by atoms with Crippen LogP contribution in [0, 0.1) is 20.9 Å². The Morgan fingerprint density at radius 1 is 1.36 bits per heavy atom. The summed E-state index contributed by atoms with van der Waals surface area (Å²) in [6.45, 7) is 6.91. The number of likely N-dealkylation sites (tertiary alicyclic amines) is 1. The Morgan fingerprint density at radius 3 is 2.72 bits per heavy atom. The molecule has 1 amide bonds.